The lowest BCUT2D eigenvalue weighted by Crippen LogP contribution is -2.14. The van der Waals surface area contributed by atoms with Crippen molar-refractivity contribution in [3.05, 3.63) is 116 Å². The van der Waals surface area contributed by atoms with Crippen LogP contribution in [0.1, 0.15) is 44.8 Å². The van der Waals surface area contributed by atoms with Crippen LogP contribution in [0.4, 0.5) is 10.7 Å². The second-order valence-corrected chi connectivity index (χ2v) is 12.2. The Kier molecular flexibility index (Phi) is 8.34. The Morgan fingerprint density at radius 3 is 2.63 bits per heavy atom. The van der Waals surface area contributed by atoms with Gasteiger partial charge < -0.3 is 14.8 Å². The lowest BCUT2D eigenvalue weighted by Gasteiger charge is -2.14. The first-order valence-electron chi connectivity index (χ1n) is 13.6. The second-order valence-electron chi connectivity index (χ2n) is 9.93. The van der Waals surface area contributed by atoms with E-state index in [-0.39, 0.29) is 5.91 Å². The molecular weight excluding hydrogens is 643 g/mol. The molecule has 0 spiro atoms. The Morgan fingerprint density at radius 1 is 1.00 bits per heavy atom. The van der Waals surface area contributed by atoms with Crippen LogP contribution >= 0.6 is 33.9 Å². The number of benzene rings is 4. The number of rotatable bonds is 8. The van der Waals surface area contributed by atoms with Gasteiger partial charge in [0.25, 0.3) is 5.91 Å². The van der Waals surface area contributed by atoms with Crippen LogP contribution in [0.25, 0.3) is 10.8 Å². The molecule has 4 aromatic carbocycles. The number of nitrogens with zero attached hydrogens (tertiary/aromatic N) is 1. The topological polar surface area (TPSA) is 59.9 Å². The minimum Gasteiger partial charge on any atom is -0.493 e. The molecule has 1 N–H and O–H groups in total. The summed E-state index contributed by atoms with van der Waals surface area (Å²) < 4.78 is 13.0. The molecule has 6 rings (SSSR count). The number of hydrogen-bond acceptors (Lipinski definition) is 5. The normalized spacial score (nSPS) is 12.8. The third-order valence-electron chi connectivity index (χ3n) is 7.25. The summed E-state index contributed by atoms with van der Waals surface area (Å²) in [4.78, 5) is 19.6. The first-order valence-corrected chi connectivity index (χ1v) is 15.5. The summed E-state index contributed by atoms with van der Waals surface area (Å²) in [5.41, 5.74) is 4.62. The summed E-state index contributed by atoms with van der Waals surface area (Å²) in [6, 6.07) is 28.1. The molecule has 206 valence electrons. The van der Waals surface area contributed by atoms with E-state index < -0.39 is 0 Å². The van der Waals surface area contributed by atoms with Gasteiger partial charge in [0.05, 0.1) is 16.2 Å². The van der Waals surface area contributed by atoms with Crippen LogP contribution in [0.15, 0.2) is 89.9 Å². The van der Waals surface area contributed by atoms with Gasteiger partial charge in [0.15, 0.2) is 11.5 Å². The predicted octanol–water partition coefficient (Wildman–Crippen LogP) is 8.98. The average molecular weight is 673 g/mol. The standard InChI is InChI=1S/C34H29IN2O3S/c1-39-29-19-22(18-28(35)32(29)40-21-24-12-9-11-23-10-5-6-15-26(23)24)20-36-34-31(27-16-7-8-17-30(27)41-34)33(38)37-25-13-3-2-4-14-25/h2-6,9-15,18-20H,7-8,16-17,21H2,1H3,(H,37,38)/b36-20+. The van der Waals surface area contributed by atoms with Crippen LogP contribution in [-0.2, 0) is 19.4 Å². The van der Waals surface area contributed by atoms with E-state index in [9.17, 15) is 4.79 Å². The number of aliphatic imine (C=N–C) groups is 1. The highest BCUT2D eigenvalue weighted by molar-refractivity contribution is 14.1. The van der Waals surface area contributed by atoms with Crippen LogP contribution in [-0.4, -0.2) is 19.2 Å². The summed E-state index contributed by atoms with van der Waals surface area (Å²) in [6.45, 7) is 0.432. The van der Waals surface area contributed by atoms with Gasteiger partial charge in [0.1, 0.15) is 11.6 Å². The number of carbonyl (C=O) groups excluding carboxylic acids is 1. The van der Waals surface area contributed by atoms with E-state index in [4.69, 9.17) is 14.5 Å². The van der Waals surface area contributed by atoms with Gasteiger partial charge in [0.2, 0.25) is 0 Å². The Bertz CT molecular complexity index is 1740. The number of nitrogens with one attached hydrogen (secondary N) is 1. The molecule has 1 aromatic heterocycles. The number of ether oxygens (including phenoxy) is 2. The highest BCUT2D eigenvalue weighted by Crippen LogP contribution is 2.41. The predicted molar refractivity (Wildman–Crippen MR) is 177 cm³/mol. The van der Waals surface area contributed by atoms with Gasteiger partial charge in [-0.3, -0.25) is 4.79 Å². The molecule has 0 saturated carbocycles. The van der Waals surface area contributed by atoms with Crippen molar-refractivity contribution >= 4 is 67.5 Å². The number of para-hydroxylation sites is 1. The van der Waals surface area contributed by atoms with E-state index in [0.29, 0.717) is 23.7 Å². The number of halogens is 1. The van der Waals surface area contributed by atoms with Crippen molar-refractivity contribution in [1.29, 1.82) is 0 Å². The second kappa shape index (κ2) is 12.4. The number of thiophene rings is 1. The zero-order valence-corrected chi connectivity index (χ0v) is 25.6. The lowest BCUT2D eigenvalue weighted by atomic mass is 9.95. The number of aryl methyl sites for hydroxylation is 1. The minimum atomic E-state index is -0.105. The maximum atomic E-state index is 13.4. The number of carbonyl (C=O) groups is 1. The molecule has 1 amide bonds. The molecule has 5 nitrogen and oxygen atoms in total. The number of anilines is 1. The van der Waals surface area contributed by atoms with Gasteiger partial charge in [-0.25, -0.2) is 4.99 Å². The lowest BCUT2D eigenvalue weighted by molar-refractivity contribution is 0.102. The minimum absolute atomic E-state index is 0.105. The zero-order chi connectivity index (χ0) is 28.2. The van der Waals surface area contributed by atoms with E-state index in [1.807, 2.05) is 60.8 Å². The van der Waals surface area contributed by atoms with Gasteiger partial charge in [-0.2, -0.15) is 0 Å². The molecule has 41 heavy (non-hydrogen) atoms. The fourth-order valence-electron chi connectivity index (χ4n) is 5.25. The number of methoxy groups -OCH3 is 1. The Morgan fingerprint density at radius 2 is 1.78 bits per heavy atom. The number of hydrogen-bond donors (Lipinski definition) is 1. The maximum Gasteiger partial charge on any atom is 0.259 e. The molecule has 0 bridgehead atoms. The van der Waals surface area contributed by atoms with Gasteiger partial charge in [-0.15, -0.1) is 11.3 Å². The number of fused-ring (bicyclic) bond motifs is 2. The van der Waals surface area contributed by atoms with Crippen molar-refractivity contribution in [2.24, 2.45) is 4.99 Å². The summed E-state index contributed by atoms with van der Waals surface area (Å²) in [7, 11) is 1.65. The highest BCUT2D eigenvalue weighted by atomic mass is 127. The monoisotopic (exact) mass is 672 g/mol. The molecule has 7 heteroatoms. The molecule has 0 radical (unpaired) electrons. The number of amides is 1. The Labute approximate surface area is 257 Å². The Balaban J connectivity index is 1.26. The molecule has 0 aliphatic heterocycles. The first kappa shape index (κ1) is 27.5. The van der Waals surface area contributed by atoms with Crippen LogP contribution in [0, 0.1) is 3.57 Å². The molecule has 0 atom stereocenters. The van der Waals surface area contributed by atoms with E-state index in [1.165, 1.54) is 15.6 Å². The van der Waals surface area contributed by atoms with Crippen molar-refractivity contribution in [1.82, 2.24) is 0 Å². The third kappa shape index (κ3) is 6.01. The summed E-state index contributed by atoms with van der Waals surface area (Å²) in [5.74, 6) is 1.24. The van der Waals surface area contributed by atoms with Crippen molar-refractivity contribution in [2.75, 3.05) is 12.4 Å². The van der Waals surface area contributed by atoms with Crippen LogP contribution in [0.5, 0.6) is 11.5 Å². The smallest absolute Gasteiger partial charge is 0.259 e. The van der Waals surface area contributed by atoms with E-state index in [2.05, 4.69) is 58.2 Å². The summed E-state index contributed by atoms with van der Waals surface area (Å²) in [6.07, 6.45) is 5.96. The molecule has 0 saturated heterocycles. The zero-order valence-electron chi connectivity index (χ0n) is 22.7. The van der Waals surface area contributed by atoms with Crippen LogP contribution < -0.4 is 14.8 Å². The summed E-state index contributed by atoms with van der Waals surface area (Å²) >= 11 is 3.91. The third-order valence-corrected chi connectivity index (χ3v) is 9.25. The maximum absolute atomic E-state index is 13.4. The summed E-state index contributed by atoms with van der Waals surface area (Å²) in [5, 5.41) is 6.18. The van der Waals surface area contributed by atoms with Crippen molar-refractivity contribution < 1.29 is 14.3 Å². The SMILES string of the molecule is COc1cc(/C=N/c2sc3c(c2C(=O)Nc2ccccc2)CCCC3)cc(I)c1OCc1cccc2ccccc12. The largest absolute Gasteiger partial charge is 0.493 e. The van der Waals surface area contributed by atoms with Gasteiger partial charge in [-0.1, -0.05) is 60.7 Å². The highest BCUT2D eigenvalue weighted by Gasteiger charge is 2.25. The van der Waals surface area contributed by atoms with Crippen molar-refractivity contribution in [3.8, 4) is 11.5 Å². The molecule has 0 unspecified atom stereocenters. The molecule has 5 aromatic rings. The molecule has 0 fully saturated rings. The fourth-order valence-corrected chi connectivity index (χ4v) is 7.26. The first-order chi connectivity index (χ1) is 20.1. The molecule has 1 aliphatic rings. The quantitative estimate of drug-likeness (QED) is 0.132. The van der Waals surface area contributed by atoms with E-state index in [1.54, 1.807) is 18.4 Å². The van der Waals surface area contributed by atoms with Gasteiger partial charge in [-0.05, 0) is 100 Å². The molecular formula is C34H29IN2O3S. The Hall–Kier alpha value is -3.69. The van der Waals surface area contributed by atoms with Crippen molar-refractivity contribution in [3.63, 3.8) is 0 Å². The van der Waals surface area contributed by atoms with Gasteiger partial charge in [0, 0.05) is 16.8 Å². The average Bonchev–Trinajstić information content (AvgIpc) is 3.38. The van der Waals surface area contributed by atoms with Crippen LogP contribution in [0.2, 0.25) is 0 Å². The van der Waals surface area contributed by atoms with E-state index >= 15 is 0 Å². The molecule has 1 heterocycles. The van der Waals surface area contributed by atoms with E-state index in [0.717, 1.165) is 56.6 Å². The van der Waals surface area contributed by atoms with Gasteiger partial charge >= 0.3 is 0 Å². The van der Waals surface area contributed by atoms with Crippen molar-refractivity contribution in [2.45, 2.75) is 32.3 Å². The van der Waals surface area contributed by atoms with Crippen LogP contribution in [0.3, 0.4) is 0 Å². The molecule has 1 aliphatic carbocycles. The fraction of sp³-hybridized carbons (Fsp3) is 0.176.